The van der Waals surface area contributed by atoms with Crippen molar-refractivity contribution in [2.75, 3.05) is 36.9 Å². The summed E-state index contributed by atoms with van der Waals surface area (Å²) >= 11 is 1.94. The Labute approximate surface area is 145 Å². The highest BCUT2D eigenvalue weighted by molar-refractivity contribution is 14.0. The van der Waals surface area contributed by atoms with E-state index in [1.807, 2.05) is 11.8 Å². The van der Waals surface area contributed by atoms with Crippen molar-refractivity contribution in [1.29, 1.82) is 5.26 Å². The molecule has 116 valence electrons. The molecule has 21 heavy (non-hydrogen) atoms. The number of hydrogen-bond acceptors (Lipinski definition) is 5. The second-order valence-electron chi connectivity index (χ2n) is 4.52. The van der Waals surface area contributed by atoms with Crippen LogP contribution in [-0.2, 0) is 6.42 Å². The van der Waals surface area contributed by atoms with Crippen molar-refractivity contribution < 1.29 is 0 Å². The highest BCUT2D eigenvalue weighted by Gasteiger charge is 2.12. The lowest BCUT2D eigenvalue weighted by Crippen LogP contribution is -2.42. The van der Waals surface area contributed by atoms with Gasteiger partial charge in [-0.3, -0.25) is 10.1 Å². The molecule has 0 bridgehead atoms. The number of nitrogens with two attached hydrogens (primary N) is 2. The van der Waals surface area contributed by atoms with Crippen LogP contribution in [0.15, 0.2) is 4.99 Å². The fourth-order valence-electron chi connectivity index (χ4n) is 2.04. The van der Waals surface area contributed by atoms with Gasteiger partial charge < -0.3 is 16.4 Å². The molecule has 0 amide bonds. The molecule has 0 radical (unpaired) electrons. The summed E-state index contributed by atoms with van der Waals surface area (Å²) in [6.07, 6.45) is 1.50. The van der Waals surface area contributed by atoms with E-state index in [2.05, 4.69) is 26.2 Å². The van der Waals surface area contributed by atoms with Crippen LogP contribution in [0.1, 0.15) is 17.7 Å². The number of nitrogens with one attached hydrogen (secondary N) is 1. The molecule has 2 rings (SSSR count). The molecule has 0 aliphatic carbocycles. The number of anilines is 1. The lowest BCUT2D eigenvalue weighted by molar-refractivity contribution is 0.455. The van der Waals surface area contributed by atoms with Crippen LogP contribution < -0.4 is 11.5 Å². The fraction of sp³-hybridized carbons (Fsp3) is 0.583. The molecule has 7 nitrogen and oxygen atoms in total. The van der Waals surface area contributed by atoms with Crippen LogP contribution in [0.3, 0.4) is 0 Å². The number of H-pyrrole nitrogens is 1. The summed E-state index contributed by atoms with van der Waals surface area (Å²) in [6, 6.07) is 2.06. The topological polar surface area (TPSA) is 120 Å². The van der Waals surface area contributed by atoms with Gasteiger partial charge in [-0.05, 0) is 12.8 Å². The van der Waals surface area contributed by atoms with Crippen LogP contribution in [0.2, 0.25) is 0 Å². The van der Waals surface area contributed by atoms with Crippen LogP contribution in [0.25, 0.3) is 0 Å². The first kappa shape index (κ1) is 17.9. The standard InChI is InChI=1S/C12H19N7S.HI/c13-8-9-10(17-18-11(9)14)2-1-3-16-12(15)19-4-6-20-7-5-19;/h1-7H2,(H2,15,16)(H3,14,17,18);1H. The number of thioether (sulfide) groups is 1. The minimum Gasteiger partial charge on any atom is -0.381 e. The third-order valence-electron chi connectivity index (χ3n) is 3.17. The van der Waals surface area contributed by atoms with Gasteiger partial charge >= 0.3 is 0 Å². The number of nitriles is 1. The molecule has 0 spiro atoms. The minimum atomic E-state index is 0. The molecule has 2 heterocycles. The number of nitrogen functional groups attached to an aromatic ring is 1. The molecular weight excluding hydrogens is 401 g/mol. The third kappa shape index (κ3) is 4.96. The average Bonchev–Trinajstić information content (AvgIpc) is 2.84. The van der Waals surface area contributed by atoms with Gasteiger partial charge in [-0.15, -0.1) is 24.0 Å². The summed E-state index contributed by atoms with van der Waals surface area (Å²) in [6.45, 7) is 2.57. The van der Waals surface area contributed by atoms with E-state index in [9.17, 15) is 0 Å². The van der Waals surface area contributed by atoms with Gasteiger partial charge in [0.05, 0.1) is 5.69 Å². The maximum Gasteiger partial charge on any atom is 0.191 e. The van der Waals surface area contributed by atoms with Crippen molar-refractivity contribution in [1.82, 2.24) is 15.1 Å². The first-order valence-electron chi connectivity index (χ1n) is 6.57. The summed E-state index contributed by atoms with van der Waals surface area (Å²) in [5, 5.41) is 15.6. The van der Waals surface area contributed by atoms with Gasteiger partial charge in [0.1, 0.15) is 11.6 Å². The van der Waals surface area contributed by atoms with E-state index in [4.69, 9.17) is 16.7 Å². The number of hydrogen-bond donors (Lipinski definition) is 3. The van der Waals surface area contributed by atoms with E-state index in [0.717, 1.165) is 36.7 Å². The molecular formula is C12H20IN7S. The molecule has 0 atom stereocenters. The predicted molar refractivity (Wildman–Crippen MR) is 96.8 cm³/mol. The van der Waals surface area contributed by atoms with E-state index in [1.54, 1.807) is 0 Å². The third-order valence-corrected chi connectivity index (χ3v) is 4.12. The Balaban J connectivity index is 0.00000220. The van der Waals surface area contributed by atoms with E-state index in [1.165, 1.54) is 0 Å². The Kier molecular flexibility index (Phi) is 7.66. The van der Waals surface area contributed by atoms with Crippen molar-refractivity contribution in [3.8, 4) is 6.07 Å². The van der Waals surface area contributed by atoms with E-state index in [-0.39, 0.29) is 29.8 Å². The van der Waals surface area contributed by atoms with Gasteiger partial charge in [0.25, 0.3) is 0 Å². The molecule has 0 saturated carbocycles. The van der Waals surface area contributed by atoms with Crippen molar-refractivity contribution in [3.63, 3.8) is 0 Å². The van der Waals surface area contributed by atoms with E-state index in [0.29, 0.717) is 24.5 Å². The quantitative estimate of drug-likeness (QED) is 0.286. The molecule has 1 aromatic rings. The van der Waals surface area contributed by atoms with Gasteiger partial charge in [-0.2, -0.15) is 22.1 Å². The monoisotopic (exact) mass is 421 g/mol. The van der Waals surface area contributed by atoms with Gasteiger partial charge in [-0.1, -0.05) is 0 Å². The van der Waals surface area contributed by atoms with Gasteiger partial charge in [-0.25, -0.2) is 0 Å². The summed E-state index contributed by atoms with van der Waals surface area (Å²) < 4.78 is 0. The number of aromatic nitrogens is 2. The summed E-state index contributed by atoms with van der Waals surface area (Å²) in [5.74, 6) is 3.09. The molecule has 1 aliphatic heterocycles. The van der Waals surface area contributed by atoms with Crippen molar-refractivity contribution in [3.05, 3.63) is 11.3 Å². The number of aliphatic imine (C=N–C) groups is 1. The maximum atomic E-state index is 8.96. The van der Waals surface area contributed by atoms with Crippen LogP contribution in [0.4, 0.5) is 5.82 Å². The molecule has 5 N–H and O–H groups in total. The Morgan fingerprint density at radius 1 is 1.48 bits per heavy atom. The molecule has 1 saturated heterocycles. The second-order valence-corrected chi connectivity index (χ2v) is 5.74. The largest absolute Gasteiger partial charge is 0.381 e. The minimum absolute atomic E-state index is 0. The molecule has 0 unspecified atom stereocenters. The van der Waals surface area contributed by atoms with E-state index < -0.39 is 0 Å². The number of nitrogens with zero attached hydrogens (tertiary/aromatic N) is 4. The molecule has 0 aromatic carbocycles. The number of guanidine groups is 1. The molecule has 1 aliphatic rings. The predicted octanol–water partition coefficient (Wildman–Crippen LogP) is 0.778. The first-order chi connectivity index (χ1) is 9.72. The molecule has 1 fully saturated rings. The van der Waals surface area contributed by atoms with Gasteiger partial charge in [0.15, 0.2) is 11.8 Å². The first-order valence-corrected chi connectivity index (χ1v) is 7.73. The van der Waals surface area contributed by atoms with Crippen molar-refractivity contribution in [2.24, 2.45) is 10.7 Å². The molecule has 1 aromatic heterocycles. The van der Waals surface area contributed by atoms with Crippen LogP contribution in [0, 0.1) is 11.3 Å². The fourth-order valence-corrected chi connectivity index (χ4v) is 2.94. The molecule has 9 heteroatoms. The number of aryl methyl sites for hydroxylation is 1. The maximum absolute atomic E-state index is 8.96. The smallest absolute Gasteiger partial charge is 0.191 e. The lowest BCUT2D eigenvalue weighted by Gasteiger charge is -2.27. The summed E-state index contributed by atoms with van der Waals surface area (Å²) in [7, 11) is 0. The zero-order valence-electron chi connectivity index (χ0n) is 11.7. The number of rotatable bonds is 4. The second kappa shape index (κ2) is 8.99. The van der Waals surface area contributed by atoms with Crippen LogP contribution in [-0.4, -0.2) is 52.2 Å². The Morgan fingerprint density at radius 2 is 2.19 bits per heavy atom. The van der Waals surface area contributed by atoms with Gasteiger partial charge in [0.2, 0.25) is 0 Å². The highest BCUT2D eigenvalue weighted by Crippen LogP contribution is 2.13. The number of aromatic amines is 1. The zero-order chi connectivity index (χ0) is 14.4. The summed E-state index contributed by atoms with van der Waals surface area (Å²) in [4.78, 5) is 6.50. The summed E-state index contributed by atoms with van der Waals surface area (Å²) in [5.41, 5.74) is 12.8. The Bertz CT molecular complexity index is 516. The van der Waals surface area contributed by atoms with Crippen molar-refractivity contribution >= 4 is 47.5 Å². The van der Waals surface area contributed by atoms with Crippen LogP contribution >= 0.6 is 35.7 Å². The Hall–Kier alpha value is -1.15. The lowest BCUT2D eigenvalue weighted by atomic mass is 10.1. The normalized spacial score (nSPS) is 15.4. The highest BCUT2D eigenvalue weighted by atomic mass is 127. The zero-order valence-corrected chi connectivity index (χ0v) is 14.9. The number of halogens is 1. The SMILES string of the molecule is I.N#Cc1c(N)n[nH]c1CCCN=C(N)N1CCSCC1. The van der Waals surface area contributed by atoms with Gasteiger partial charge in [0, 0.05) is 31.1 Å². The average molecular weight is 421 g/mol. The Morgan fingerprint density at radius 3 is 2.86 bits per heavy atom. The van der Waals surface area contributed by atoms with Crippen molar-refractivity contribution in [2.45, 2.75) is 12.8 Å². The van der Waals surface area contributed by atoms with E-state index >= 15 is 0 Å². The van der Waals surface area contributed by atoms with Crippen LogP contribution in [0.5, 0.6) is 0 Å².